The Labute approximate surface area is 191 Å². The number of alkyl carbamates (subject to hydrolysis) is 1. The molecular formula is C25H26N2O6. The van der Waals surface area contributed by atoms with Crippen LogP contribution in [0, 0.1) is 5.92 Å². The number of amides is 2. The van der Waals surface area contributed by atoms with Gasteiger partial charge in [0.2, 0.25) is 0 Å². The van der Waals surface area contributed by atoms with Crippen molar-refractivity contribution in [2.75, 3.05) is 13.2 Å². The van der Waals surface area contributed by atoms with E-state index in [1.54, 1.807) is 0 Å². The largest absolute Gasteiger partial charge is 0.480 e. The van der Waals surface area contributed by atoms with Gasteiger partial charge in [-0.3, -0.25) is 4.79 Å². The normalized spacial score (nSPS) is 22.2. The molecule has 2 aromatic rings. The number of hydrogen-bond acceptors (Lipinski definition) is 5. The van der Waals surface area contributed by atoms with Crippen LogP contribution in [-0.4, -0.2) is 54.5 Å². The van der Waals surface area contributed by atoms with E-state index in [9.17, 15) is 19.5 Å². The van der Waals surface area contributed by atoms with Gasteiger partial charge in [0.15, 0.2) is 6.10 Å². The highest BCUT2D eigenvalue weighted by molar-refractivity contribution is 5.88. The molecule has 5 rings (SSSR count). The van der Waals surface area contributed by atoms with Crippen molar-refractivity contribution in [1.29, 1.82) is 0 Å². The van der Waals surface area contributed by atoms with Crippen LogP contribution in [0.3, 0.4) is 0 Å². The molecule has 3 atom stereocenters. The van der Waals surface area contributed by atoms with Gasteiger partial charge in [0.25, 0.3) is 5.91 Å². The van der Waals surface area contributed by atoms with Gasteiger partial charge in [-0.15, -0.1) is 0 Å². The molecule has 2 aromatic carbocycles. The molecule has 2 aliphatic carbocycles. The standard InChI is InChI=1S/C25H26N2O6/c28-23(27-21(24(29)30)14-9-10-14)22-20(11-12-32-22)26-25(31)33-13-19-17-7-3-1-5-15(17)16-6-2-4-8-18(16)19/h1-8,14,19-22H,9-13H2,(H,26,31)(H,27,28)(H,29,30)/t20-,21?,22+/m0/s1. The lowest BCUT2D eigenvalue weighted by molar-refractivity contribution is -0.144. The van der Waals surface area contributed by atoms with Gasteiger partial charge in [-0.05, 0) is 47.4 Å². The second-order valence-electron chi connectivity index (χ2n) is 8.82. The van der Waals surface area contributed by atoms with E-state index in [1.165, 1.54) is 0 Å². The van der Waals surface area contributed by atoms with Gasteiger partial charge in [-0.1, -0.05) is 48.5 Å². The summed E-state index contributed by atoms with van der Waals surface area (Å²) >= 11 is 0. The Balaban J connectivity index is 1.20. The first-order chi connectivity index (χ1) is 16.0. The highest BCUT2D eigenvalue weighted by Crippen LogP contribution is 2.44. The van der Waals surface area contributed by atoms with Gasteiger partial charge >= 0.3 is 12.1 Å². The summed E-state index contributed by atoms with van der Waals surface area (Å²) in [4.78, 5) is 36.6. The molecule has 0 spiro atoms. The molecule has 1 aliphatic heterocycles. The minimum Gasteiger partial charge on any atom is -0.480 e. The molecule has 8 heteroatoms. The Morgan fingerprint density at radius 2 is 1.64 bits per heavy atom. The quantitative estimate of drug-likeness (QED) is 0.598. The summed E-state index contributed by atoms with van der Waals surface area (Å²) < 4.78 is 11.1. The number of benzene rings is 2. The summed E-state index contributed by atoms with van der Waals surface area (Å²) in [5.41, 5.74) is 4.53. The van der Waals surface area contributed by atoms with E-state index in [-0.39, 0.29) is 18.4 Å². The van der Waals surface area contributed by atoms with E-state index in [0.717, 1.165) is 35.1 Å². The van der Waals surface area contributed by atoms with Crippen molar-refractivity contribution in [3.63, 3.8) is 0 Å². The lowest BCUT2D eigenvalue weighted by atomic mass is 9.98. The molecular weight excluding hydrogens is 424 g/mol. The fourth-order valence-electron chi connectivity index (χ4n) is 4.83. The molecule has 172 valence electrons. The zero-order chi connectivity index (χ0) is 22.9. The highest BCUT2D eigenvalue weighted by Gasteiger charge is 2.42. The molecule has 2 amide bonds. The van der Waals surface area contributed by atoms with Crippen molar-refractivity contribution in [3.05, 3.63) is 59.7 Å². The number of rotatable bonds is 7. The Morgan fingerprint density at radius 1 is 1.00 bits per heavy atom. The van der Waals surface area contributed by atoms with E-state index >= 15 is 0 Å². The van der Waals surface area contributed by atoms with Gasteiger partial charge in [-0.2, -0.15) is 0 Å². The fourth-order valence-corrected chi connectivity index (χ4v) is 4.83. The average molecular weight is 450 g/mol. The van der Waals surface area contributed by atoms with E-state index in [1.807, 2.05) is 36.4 Å². The zero-order valence-electron chi connectivity index (χ0n) is 18.0. The Morgan fingerprint density at radius 3 is 2.24 bits per heavy atom. The van der Waals surface area contributed by atoms with Crippen LogP contribution in [-0.2, 0) is 19.1 Å². The average Bonchev–Trinajstić information content (AvgIpc) is 3.46. The molecule has 3 N–H and O–H groups in total. The van der Waals surface area contributed by atoms with Crippen LogP contribution in [0.4, 0.5) is 4.79 Å². The van der Waals surface area contributed by atoms with Gasteiger partial charge in [-0.25, -0.2) is 9.59 Å². The minimum absolute atomic E-state index is 0.0404. The third-order valence-corrected chi connectivity index (χ3v) is 6.65. The topological polar surface area (TPSA) is 114 Å². The van der Waals surface area contributed by atoms with Crippen LogP contribution in [0.25, 0.3) is 11.1 Å². The molecule has 0 aromatic heterocycles. The molecule has 1 saturated carbocycles. The number of nitrogens with one attached hydrogen (secondary N) is 2. The molecule has 1 unspecified atom stereocenters. The third-order valence-electron chi connectivity index (χ3n) is 6.65. The Hall–Kier alpha value is -3.39. The summed E-state index contributed by atoms with van der Waals surface area (Å²) in [7, 11) is 0. The summed E-state index contributed by atoms with van der Waals surface area (Å²) in [6.45, 7) is 0.473. The van der Waals surface area contributed by atoms with E-state index < -0.39 is 36.2 Å². The molecule has 0 bridgehead atoms. The number of carboxylic acid groups (broad SMARTS) is 1. The SMILES string of the molecule is O=C(N[C@H]1CCO[C@H]1C(=O)NC(C(=O)O)C1CC1)OCC1c2ccccc2-c2ccccc21. The van der Waals surface area contributed by atoms with Crippen molar-refractivity contribution >= 4 is 18.0 Å². The molecule has 0 radical (unpaired) electrons. The minimum atomic E-state index is -1.05. The Bertz CT molecular complexity index is 1040. The first-order valence-electron chi connectivity index (χ1n) is 11.3. The summed E-state index contributed by atoms with van der Waals surface area (Å²) in [6, 6.07) is 14.7. The summed E-state index contributed by atoms with van der Waals surface area (Å²) in [5.74, 6) is -1.67. The fraction of sp³-hybridized carbons (Fsp3) is 0.400. The van der Waals surface area contributed by atoms with E-state index in [4.69, 9.17) is 9.47 Å². The van der Waals surface area contributed by atoms with Gasteiger partial charge in [0.1, 0.15) is 12.6 Å². The van der Waals surface area contributed by atoms with Crippen LogP contribution >= 0.6 is 0 Å². The number of fused-ring (bicyclic) bond motifs is 3. The van der Waals surface area contributed by atoms with Crippen LogP contribution in [0.15, 0.2) is 48.5 Å². The van der Waals surface area contributed by atoms with Crippen LogP contribution < -0.4 is 10.6 Å². The molecule has 33 heavy (non-hydrogen) atoms. The molecule has 3 aliphatic rings. The highest BCUT2D eigenvalue weighted by atomic mass is 16.6. The number of carbonyl (C=O) groups is 3. The van der Waals surface area contributed by atoms with Gasteiger partial charge in [0, 0.05) is 12.5 Å². The van der Waals surface area contributed by atoms with Crippen molar-refractivity contribution in [3.8, 4) is 11.1 Å². The first-order valence-corrected chi connectivity index (χ1v) is 11.3. The van der Waals surface area contributed by atoms with E-state index in [2.05, 4.69) is 22.8 Å². The summed E-state index contributed by atoms with van der Waals surface area (Å²) in [5, 5.41) is 14.7. The molecule has 8 nitrogen and oxygen atoms in total. The molecule has 2 fully saturated rings. The number of hydrogen-bond donors (Lipinski definition) is 3. The predicted octanol–water partition coefficient (Wildman–Crippen LogP) is 2.66. The Kier molecular flexibility index (Phi) is 5.76. The maximum Gasteiger partial charge on any atom is 0.407 e. The van der Waals surface area contributed by atoms with Crippen molar-refractivity contribution in [2.24, 2.45) is 5.92 Å². The van der Waals surface area contributed by atoms with Crippen LogP contribution in [0.2, 0.25) is 0 Å². The van der Waals surface area contributed by atoms with Gasteiger partial charge < -0.3 is 25.2 Å². The third kappa shape index (κ3) is 4.30. The second-order valence-corrected chi connectivity index (χ2v) is 8.82. The predicted molar refractivity (Wildman–Crippen MR) is 119 cm³/mol. The molecule has 1 saturated heterocycles. The second kappa shape index (κ2) is 8.86. The first kappa shape index (κ1) is 21.5. The monoisotopic (exact) mass is 450 g/mol. The zero-order valence-corrected chi connectivity index (χ0v) is 18.0. The molecule has 1 heterocycles. The lowest BCUT2D eigenvalue weighted by Crippen LogP contribution is -2.52. The summed E-state index contributed by atoms with van der Waals surface area (Å²) in [6.07, 6.45) is 0.450. The number of carbonyl (C=O) groups excluding carboxylic acids is 2. The van der Waals surface area contributed by atoms with Crippen molar-refractivity contribution in [2.45, 2.75) is 43.4 Å². The number of aliphatic carboxylic acids is 1. The van der Waals surface area contributed by atoms with Crippen molar-refractivity contribution in [1.82, 2.24) is 10.6 Å². The lowest BCUT2D eigenvalue weighted by Gasteiger charge is -2.22. The van der Waals surface area contributed by atoms with Crippen LogP contribution in [0.5, 0.6) is 0 Å². The maximum atomic E-state index is 12.6. The van der Waals surface area contributed by atoms with E-state index in [0.29, 0.717) is 13.0 Å². The maximum absolute atomic E-state index is 12.6. The van der Waals surface area contributed by atoms with Crippen molar-refractivity contribution < 1.29 is 29.0 Å². The van der Waals surface area contributed by atoms with Crippen LogP contribution in [0.1, 0.15) is 36.3 Å². The smallest absolute Gasteiger partial charge is 0.407 e. The van der Waals surface area contributed by atoms with Gasteiger partial charge in [0.05, 0.1) is 6.04 Å². The number of ether oxygens (including phenoxy) is 2. The number of carboxylic acids is 1.